The second-order valence-electron chi connectivity index (χ2n) is 20.0. The highest BCUT2D eigenvalue weighted by Gasteiger charge is 2.22. The number of aryl methyl sites for hydroxylation is 2. The Hall–Kier alpha value is -9.38. The van der Waals surface area contributed by atoms with Crippen molar-refractivity contribution in [2.45, 2.75) is 19.8 Å². The molecule has 0 aliphatic rings. The van der Waals surface area contributed by atoms with Crippen LogP contribution in [0.4, 0.5) is 45.5 Å². The predicted molar refractivity (Wildman–Crippen MR) is 331 cm³/mol. The number of anilines is 8. The van der Waals surface area contributed by atoms with Crippen molar-refractivity contribution < 1.29 is 0 Å². The molecule has 0 spiro atoms. The topological polar surface area (TPSA) is 13.0 Å². The fourth-order valence-electron chi connectivity index (χ4n) is 10.2. The van der Waals surface area contributed by atoms with E-state index in [1.807, 2.05) is 0 Å². The largest absolute Gasteiger partial charge is 0.378 e. The van der Waals surface area contributed by atoms with E-state index in [0.29, 0.717) is 0 Å². The van der Waals surface area contributed by atoms with Gasteiger partial charge < -0.3 is 19.6 Å². The van der Waals surface area contributed by atoms with Crippen molar-refractivity contribution in [3.8, 4) is 33.4 Å². The van der Waals surface area contributed by atoms with Crippen molar-refractivity contribution in [3.63, 3.8) is 0 Å². The lowest BCUT2D eigenvalue weighted by molar-refractivity contribution is 0.945. The minimum atomic E-state index is 0.235. The van der Waals surface area contributed by atoms with Gasteiger partial charge >= 0.3 is 0 Å². The standard InChI is InChI=1S/C48H36N2.C25H30N2/c1-5-13-43(14-6-1)49(44-15-7-2-8-16-44)47-33-29-41(30-34-47)39-25-21-37(22-26-39)38-23-27-40(28-24-38)42-31-35-48(36-32-42)50(45-17-9-3-10-18-45)46-19-11-4-12-20-46;1-18-16-21(26(3)4)12-14-23(18)25(20-10-8-7-9-11-20)24-15-13-22(27(5)6)17-19(24)2/h1-36H;7-17,25H,1-6H3. The van der Waals surface area contributed by atoms with Crippen LogP contribution in [0.3, 0.4) is 0 Å². The lowest BCUT2D eigenvalue weighted by Crippen LogP contribution is -2.12. The van der Waals surface area contributed by atoms with Crippen LogP contribution in [-0.2, 0) is 0 Å². The summed E-state index contributed by atoms with van der Waals surface area (Å²) >= 11 is 0. The van der Waals surface area contributed by atoms with Crippen LogP contribution < -0.4 is 19.6 Å². The van der Waals surface area contributed by atoms with Gasteiger partial charge in [0.25, 0.3) is 0 Å². The van der Waals surface area contributed by atoms with E-state index in [0.717, 1.165) is 34.1 Å². The Morgan fingerprint density at radius 3 is 0.701 bits per heavy atom. The molecule has 0 N–H and O–H groups in total. The predicted octanol–water partition coefficient (Wildman–Crippen LogP) is 19.2. The molecule has 0 fully saturated rings. The van der Waals surface area contributed by atoms with Crippen molar-refractivity contribution in [2.75, 3.05) is 47.8 Å². The molecule has 0 saturated heterocycles. The highest BCUT2D eigenvalue weighted by molar-refractivity contribution is 5.81. The van der Waals surface area contributed by atoms with Gasteiger partial charge in [0.2, 0.25) is 0 Å². The van der Waals surface area contributed by atoms with Gasteiger partial charge in [-0.15, -0.1) is 0 Å². The summed E-state index contributed by atoms with van der Waals surface area (Å²) in [5, 5.41) is 0. The summed E-state index contributed by atoms with van der Waals surface area (Å²) in [7, 11) is 8.36. The first-order chi connectivity index (χ1) is 37.7. The zero-order chi connectivity index (χ0) is 53.1. The molecule has 0 radical (unpaired) electrons. The average Bonchev–Trinajstić information content (AvgIpc) is 3.48. The fraction of sp³-hybridized carbons (Fsp3) is 0.0959. The SMILES string of the molecule is Cc1cc(N(C)C)ccc1C(c1ccccc1)c1ccc(N(C)C)cc1C.c1ccc(N(c2ccccc2)c2ccc(-c3ccc(-c4ccc(-c5ccc(N(c6ccccc6)c6ccccc6)cc5)cc4)cc3)cc2)cc1. The van der Waals surface area contributed by atoms with E-state index in [4.69, 9.17) is 0 Å². The van der Waals surface area contributed by atoms with E-state index in [2.05, 4.69) is 347 Å². The molecule has 4 nitrogen and oxygen atoms in total. The fourth-order valence-corrected chi connectivity index (χ4v) is 10.2. The van der Waals surface area contributed by atoms with Crippen molar-refractivity contribution >= 4 is 45.5 Å². The van der Waals surface area contributed by atoms with E-state index >= 15 is 0 Å². The smallest absolute Gasteiger partial charge is 0.0462 e. The highest BCUT2D eigenvalue weighted by atomic mass is 15.1. The van der Waals surface area contributed by atoms with Gasteiger partial charge in [0.05, 0.1) is 0 Å². The van der Waals surface area contributed by atoms with Gasteiger partial charge in [-0.2, -0.15) is 0 Å². The maximum absolute atomic E-state index is 2.29. The normalized spacial score (nSPS) is 10.8. The molecule has 77 heavy (non-hydrogen) atoms. The summed E-state index contributed by atoms with van der Waals surface area (Å²) in [4.78, 5) is 8.89. The van der Waals surface area contributed by atoms with Crippen LogP contribution in [0.25, 0.3) is 33.4 Å². The Kier molecular flexibility index (Phi) is 15.8. The third-order valence-electron chi connectivity index (χ3n) is 14.4. The molecule has 0 atom stereocenters. The maximum Gasteiger partial charge on any atom is 0.0462 e. The Morgan fingerprint density at radius 1 is 0.234 bits per heavy atom. The quantitative estimate of drug-likeness (QED) is 0.101. The van der Waals surface area contributed by atoms with Gasteiger partial charge in [0.15, 0.2) is 0 Å². The van der Waals surface area contributed by atoms with Crippen molar-refractivity contribution in [3.05, 3.63) is 313 Å². The second kappa shape index (κ2) is 23.9. The Labute approximate surface area is 457 Å². The number of hydrogen-bond donors (Lipinski definition) is 0. The summed E-state index contributed by atoms with van der Waals surface area (Å²) in [5.74, 6) is 0.235. The third kappa shape index (κ3) is 11.9. The van der Waals surface area contributed by atoms with Crippen LogP contribution in [-0.4, -0.2) is 28.2 Å². The second-order valence-corrected chi connectivity index (χ2v) is 20.0. The Morgan fingerprint density at radius 2 is 0.455 bits per heavy atom. The maximum atomic E-state index is 2.29. The Bertz CT molecular complexity index is 3300. The lowest BCUT2D eigenvalue weighted by Gasteiger charge is -2.25. The minimum Gasteiger partial charge on any atom is -0.378 e. The Balaban J connectivity index is 0.000000210. The lowest BCUT2D eigenvalue weighted by atomic mass is 9.81. The number of rotatable bonds is 14. The third-order valence-corrected chi connectivity index (χ3v) is 14.4. The van der Waals surface area contributed by atoms with E-state index in [9.17, 15) is 0 Å². The van der Waals surface area contributed by atoms with Crippen molar-refractivity contribution in [1.29, 1.82) is 0 Å². The molecule has 0 heterocycles. The summed E-state index contributed by atoms with van der Waals surface area (Å²) in [6, 6.07) is 102. The zero-order valence-electron chi connectivity index (χ0n) is 45.0. The summed E-state index contributed by atoms with van der Waals surface area (Å²) in [6.07, 6.45) is 0. The highest BCUT2D eigenvalue weighted by Crippen LogP contribution is 2.40. The van der Waals surface area contributed by atoms with Crippen molar-refractivity contribution in [1.82, 2.24) is 0 Å². The number of para-hydroxylation sites is 4. The number of benzene rings is 11. The first-order valence-electron chi connectivity index (χ1n) is 26.5. The van der Waals surface area contributed by atoms with Gasteiger partial charge in [-0.3, -0.25) is 0 Å². The van der Waals surface area contributed by atoms with E-state index in [1.165, 1.54) is 72.6 Å². The van der Waals surface area contributed by atoms with E-state index in [-0.39, 0.29) is 5.92 Å². The summed E-state index contributed by atoms with van der Waals surface area (Å²) < 4.78 is 0. The van der Waals surface area contributed by atoms with Gasteiger partial charge in [-0.05, 0) is 172 Å². The van der Waals surface area contributed by atoms with Crippen LogP contribution in [0.15, 0.2) is 285 Å². The molecular formula is C73H66N4. The molecule has 378 valence electrons. The van der Waals surface area contributed by atoms with Crippen LogP contribution in [0.2, 0.25) is 0 Å². The molecule has 4 heteroatoms. The molecule has 0 aliphatic carbocycles. The van der Waals surface area contributed by atoms with Crippen LogP contribution >= 0.6 is 0 Å². The number of nitrogens with zero attached hydrogens (tertiary/aromatic N) is 4. The van der Waals surface area contributed by atoms with Crippen LogP contribution in [0.5, 0.6) is 0 Å². The van der Waals surface area contributed by atoms with Gasteiger partial charge in [-0.1, -0.05) is 188 Å². The molecule has 0 bridgehead atoms. The molecular weight excluding hydrogens is 933 g/mol. The molecule has 0 amide bonds. The first-order valence-corrected chi connectivity index (χ1v) is 26.5. The molecule has 11 aromatic carbocycles. The number of hydrogen-bond acceptors (Lipinski definition) is 4. The van der Waals surface area contributed by atoms with E-state index < -0.39 is 0 Å². The monoisotopic (exact) mass is 999 g/mol. The first kappa shape index (κ1) is 51.1. The van der Waals surface area contributed by atoms with E-state index in [1.54, 1.807) is 0 Å². The minimum absolute atomic E-state index is 0.235. The molecule has 0 saturated carbocycles. The molecule has 0 aliphatic heterocycles. The van der Waals surface area contributed by atoms with Gasteiger partial charge in [0, 0.05) is 79.6 Å². The summed E-state index contributed by atoms with van der Waals surface area (Å²) in [6.45, 7) is 4.45. The van der Waals surface area contributed by atoms with Crippen LogP contribution in [0.1, 0.15) is 33.7 Å². The molecule has 0 unspecified atom stereocenters. The van der Waals surface area contributed by atoms with Gasteiger partial charge in [-0.25, -0.2) is 0 Å². The van der Waals surface area contributed by atoms with Crippen LogP contribution in [0, 0.1) is 13.8 Å². The molecule has 11 rings (SSSR count). The zero-order valence-corrected chi connectivity index (χ0v) is 45.0. The summed E-state index contributed by atoms with van der Waals surface area (Å²) in [5.41, 5.74) is 23.2. The molecule has 0 aromatic heterocycles. The average molecular weight is 999 g/mol. The van der Waals surface area contributed by atoms with Crippen molar-refractivity contribution in [2.24, 2.45) is 0 Å². The van der Waals surface area contributed by atoms with Gasteiger partial charge in [0.1, 0.15) is 0 Å². The molecule has 11 aromatic rings.